The minimum absolute atomic E-state index is 0.606. The number of ether oxygens (including phenoxy) is 1. The summed E-state index contributed by atoms with van der Waals surface area (Å²) in [6.07, 6.45) is 5.03. The number of methoxy groups -OCH3 is 1. The fourth-order valence-electron chi connectivity index (χ4n) is 3.70. The van der Waals surface area contributed by atoms with Gasteiger partial charge < -0.3 is 10.1 Å². The van der Waals surface area contributed by atoms with Crippen LogP contribution in [0, 0.1) is 0 Å². The molecule has 3 rings (SSSR count). The van der Waals surface area contributed by atoms with Crippen molar-refractivity contribution in [2.45, 2.75) is 37.5 Å². The van der Waals surface area contributed by atoms with Gasteiger partial charge in [0.1, 0.15) is 5.75 Å². The van der Waals surface area contributed by atoms with Gasteiger partial charge >= 0.3 is 0 Å². The van der Waals surface area contributed by atoms with Gasteiger partial charge in [-0.15, -0.1) is 0 Å². The molecule has 1 aliphatic carbocycles. The maximum Gasteiger partial charge on any atom is 0.119 e. The number of likely N-dealkylation sites (N-methyl/N-ethyl adjacent to an activating group) is 1. The maximum absolute atomic E-state index is 5.39. The van der Waals surface area contributed by atoms with Crippen molar-refractivity contribution < 1.29 is 4.74 Å². The fourth-order valence-corrected chi connectivity index (χ4v) is 4.44. The quantitative estimate of drug-likeness (QED) is 0.843. The topological polar surface area (TPSA) is 21.3 Å². The van der Waals surface area contributed by atoms with E-state index in [4.69, 9.17) is 4.74 Å². The lowest BCUT2D eigenvalue weighted by molar-refractivity contribution is 0.411. The number of thiophene rings is 1. The van der Waals surface area contributed by atoms with E-state index >= 15 is 0 Å². The van der Waals surface area contributed by atoms with E-state index in [-0.39, 0.29) is 0 Å². The highest BCUT2D eigenvalue weighted by molar-refractivity contribution is 7.07. The van der Waals surface area contributed by atoms with Crippen LogP contribution in [0.4, 0.5) is 0 Å². The summed E-state index contributed by atoms with van der Waals surface area (Å²) in [5.41, 5.74) is 4.52. The molecule has 1 heterocycles. The van der Waals surface area contributed by atoms with Crippen molar-refractivity contribution >= 4 is 11.3 Å². The molecule has 0 saturated carbocycles. The van der Waals surface area contributed by atoms with Crippen LogP contribution in [0.1, 0.15) is 47.8 Å². The zero-order valence-corrected chi connectivity index (χ0v) is 14.3. The summed E-state index contributed by atoms with van der Waals surface area (Å²) in [5, 5.41) is 7.87. The third-order valence-corrected chi connectivity index (χ3v) is 5.52. The van der Waals surface area contributed by atoms with E-state index in [1.54, 1.807) is 24.0 Å². The molecule has 118 valence electrons. The van der Waals surface area contributed by atoms with E-state index in [1.165, 1.54) is 36.8 Å². The molecule has 0 radical (unpaired) electrons. The van der Waals surface area contributed by atoms with E-state index in [9.17, 15) is 0 Å². The standard InChI is InChI=1S/C19H25NOS/c1-20-12-17(16-8-9-22-13-16)10-14-4-3-5-15-11-18(21-2)6-7-19(14)15/h6-9,11,13-14,17,20H,3-5,10,12H2,1-2H3. The number of rotatable bonds is 6. The lowest BCUT2D eigenvalue weighted by Gasteiger charge is -2.29. The molecular formula is C19H25NOS. The predicted octanol–water partition coefficient (Wildman–Crippen LogP) is 4.57. The summed E-state index contributed by atoms with van der Waals surface area (Å²) in [6.45, 7) is 1.05. The highest BCUT2D eigenvalue weighted by Gasteiger charge is 2.24. The summed E-state index contributed by atoms with van der Waals surface area (Å²) in [7, 11) is 3.81. The van der Waals surface area contributed by atoms with Crippen molar-refractivity contribution in [2.75, 3.05) is 20.7 Å². The normalized spacial score (nSPS) is 18.7. The summed E-state index contributed by atoms with van der Waals surface area (Å²) in [6, 6.07) is 8.93. The molecule has 0 amide bonds. The number of aryl methyl sites for hydroxylation is 1. The Morgan fingerprint density at radius 2 is 2.27 bits per heavy atom. The average Bonchev–Trinajstić information content (AvgIpc) is 3.08. The second-order valence-corrected chi connectivity index (χ2v) is 6.98. The summed E-state index contributed by atoms with van der Waals surface area (Å²) in [5.74, 6) is 2.27. The average molecular weight is 315 g/mol. The van der Waals surface area contributed by atoms with E-state index < -0.39 is 0 Å². The van der Waals surface area contributed by atoms with Gasteiger partial charge in [0.25, 0.3) is 0 Å². The molecule has 0 spiro atoms. The third kappa shape index (κ3) is 3.36. The van der Waals surface area contributed by atoms with E-state index in [0.717, 1.165) is 12.3 Å². The largest absolute Gasteiger partial charge is 0.497 e. The Morgan fingerprint density at radius 1 is 1.36 bits per heavy atom. The van der Waals surface area contributed by atoms with Gasteiger partial charge in [0.15, 0.2) is 0 Å². The maximum atomic E-state index is 5.39. The molecule has 0 fully saturated rings. The molecule has 22 heavy (non-hydrogen) atoms. The first-order valence-corrected chi connectivity index (χ1v) is 9.09. The minimum atomic E-state index is 0.606. The Labute approximate surface area is 137 Å². The molecule has 0 aliphatic heterocycles. The highest BCUT2D eigenvalue weighted by atomic mass is 32.1. The first-order valence-electron chi connectivity index (χ1n) is 8.15. The van der Waals surface area contributed by atoms with Gasteiger partial charge in [-0.1, -0.05) is 6.07 Å². The van der Waals surface area contributed by atoms with Crippen LogP contribution in [0.2, 0.25) is 0 Å². The minimum Gasteiger partial charge on any atom is -0.497 e. The molecule has 3 heteroatoms. The summed E-state index contributed by atoms with van der Waals surface area (Å²) < 4.78 is 5.39. The van der Waals surface area contributed by atoms with Gasteiger partial charge in [-0.2, -0.15) is 11.3 Å². The van der Waals surface area contributed by atoms with Crippen molar-refractivity contribution in [1.82, 2.24) is 5.32 Å². The number of benzene rings is 1. The second kappa shape index (κ2) is 7.30. The molecule has 2 atom stereocenters. The Bertz CT molecular complexity index is 593. The molecule has 2 unspecified atom stereocenters. The van der Waals surface area contributed by atoms with Crippen molar-refractivity contribution in [2.24, 2.45) is 0 Å². The zero-order chi connectivity index (χ0) is 15.4. The van der Waals surface area contributed by atoms with E-state index in [1.807, 2.05) is 0 Å². The number of fused-ring (bicyclic) bond motifs is 1. The SMILES string of the molecule is CNCC(CC1CCCc2cc(OC)ccc21)c1ccsc1. The molecule has 1 aromatic carbocycles. The highest BCUT2D eigenvalue weighted by Crippen LogP contribution is 2.39. The number of hydrogen-bond acceptors (Lipinski definition) is 3. The first-order chi connectivity index (χ1) is 10.8. The number of hydrogen-bond donors (Lipinski definition) is 1. The van der Waals surface area contributed by atoms with Crippen LogP contribution in [-0.2, 0) is 6.42 Å². The molecule has 2 aromatic rings. The van der Waals surface area contributed by atoms with Gasteiger partial charge in [0, 0.05) is 6.54 Å². The Kier molecular flexibility index (Phi) is 5.16. The van der Waals surface area contributed by atoms with Gasteiger partial charge in [-0.3, -0.25) is 0 Å². The Morgan fingerprint density at radius 3 is 3.00 bits per heavy atom. The van der Waals surface area contributed by atoms with Crippen LogP contribution >= 0.6 is 11.3 Å². The summed E-state index contributed by atoms with van der Waals surface area (Å²) in [4.78, 5) is 0. The third-order valence-electron chi connectivity index (χ3n) is 4.82. The first kappa shape index (κ1) is 15.6. The molecular weight excluding hydrogens is 290 g/mol. The molecule has 1 aliphatic rings. The molecule has 1 aromatic heterocycles. The van der Waals surface area contributed by atoms with Crippen LogP contribution in [0.15, 0.2) is 35.0 Å². The monoisotopic (exact) mass is 315 g/mol. The van der Waals surface area contributed by atoms with Gasteiger partial charge in [0.2, 0.25) is 0 Å². The van der Waals surface area contributed by atoms with Gasteiger partial charge in [-0.25, -0.2) is 0 Å². The van der Waals surface area contributed by atoms with Crippen LogP contribution in [0.5, 0.6) is 5.75 Å². The Balaban J connectivity index is 1.81. The molecule has 2 nitrogen and oxygen atoms in total. The van der Waals surface area contributed by atoms with Crippen molar-refractivity contribution in [3.05, 3.63) is 51.7 Å². The van der Waals surface area contributed by atoms with Gasteiger partial charge in [-0.05, 0) is 90.2 Å². The number of nitrogens with one attached hydrogen (secondary N) is 1. The summed E-state index contributed by atoms with van der Waals surface area (Å²) >= 11 is 1.80. The van der Waals surface area contributed by atoms with Crippen molar-refractivity contribution in [3.8, 4) is 5.75 Å². The smallest absolute Gasteiger partial charge is 0.119 e. The molecule has 1 N–H and O–H groups in total. The molecule has 0 bridgehead atoms. The van der Waals surface area contributed by atoms with Crippen LogP contribution in [0.3, 0.4) is 0 Å². The van der Waals surface area contributed by atoms with E-state index in [0.29, 0.717) is 11.8 Å². The van der Waals surface area contributed by atoms with Crippen LogP contribution in [-0.4, -0.2) is 20.7 Å². The lowest BCUT2D eigenvalue weighted by Crippen LogP contribution is -2.21. The van der Waals surface area contributed by atoms with Gasteiger partial charge in [0.05, 0.1) is 7.11 Å². The lowest BCUT2D eigenvalue weighted by atomic mass is 9.77. The fraction of sp³-hybridized carbons (Fsp3) is 0.474. The Hall–Kier alpha value is -1.32. The van der Waals surface area contributed by atoms with Crippen LogP contribution in [0.25, 0.3) is 0 Å². The second-order valence-electron chi connectivity index (χ2n) is 6.20. The molecule has 0 saturated heterocycles. The van der Waals surface area contributed by atoms with Crippen molar-refractivity contribution in [3.63, 3.8) is 0 Å². The zero-order valence-electron chi connectivity index (χ0n) is 13.5. The van der Waals surface area contributed by atoms with Crippen LogP contribution < -0.4 is 10.1 Å². The van der Waals surface area contributed by atoms with E-state index in [2.05, 4.69) is 47.4 Å². The predicted molar refractivity (Wildman–Crippen MR) is 94.3 cm³/mol. The van der Waals surface area contributed by atoms with Crippen molar-refractivity contribution in [1.29, 1.82) is 0 Å².